The van der Waals surface area contributed by atoms with Gasteiger partial charge >= 0.3 is 0 Å². The van der Waals surface area contributed by atoms with Crippen LogP contribution >= 0.6 is 11.6 Å². The maximum absolute atomic E-state index is 14.7. The fourth-order valence-corrected chi connectivity index (χ4v) is 3.02. The molecule has 0 unspecified atom stereocenters. The first kappa shape index (κ1) is 17.4. The Morgan fingerprint density at radius 1 is 1.16 bits per heavy atom. The monoisotopic (exact) mass is 357 g/mol. The molecule has 0 atom stereocenters. The Labute approximate surface area is 149 Å². The molecule has 3 nitrogen and oxygen atoms in total. The SMILES string of the molecule is CC(C)(C)c1cc(F)c2c(=O)n(-c3cccc(Cl)c3C=O)ccc2c1. The summed E-state index contributed by atoms with van der Waals surface area (Å²) in [7, 11) is 0. The minimum absolute atomic E-state index is 0.00711. The van der Waals surface area contributed by atoms with Crippen LogP contribution < -0.4 is 5.56 Å². The summed E-state index contributed by atoms with van der Waals surface area (Å²) in [6.07, 6.45) is 2.13. The van der Waals surface area contributed by atoms with Gasteiger partial charge in [0.05, 0.1) is 21.7 Å². The molecular weight excluding hydrogens is 341 g/mol. The zero-order valence-electron chi connectivity index (χ0n) is 14.1. The van der Waals surface area contributed by atoms with Gasteiger partial charge in [-0.1, -0.05) is 44.5 Å². The molecule has 0 spiro atoms. The van der Waals surface area contributed by atoms with Gasteiger partial charge in [0, 0.05) is 6.20 Å². The third kappa shape index (κ3) is 2.98. The Morgan fingerprint density at radius 2 is 1.88 bits per heavy atom. The third-order valence-corrected chi connectivity index (χ3v) is 4.56. The van der Waals surface area contributed by atoms with E-state index in [1.54, 1.807) is 24.3 Å². The zero-order valence-corrected chi connectivity index (χ0v) is 14.9. The minimum Gasteiger partial charge on any atom is -0.298 e. The molecule has 3 rings (SSSR count). The average molecular weight is 358 g/mol. The molecule has 0 saturated carbocycles. The molecular formula is C20H17ClFNO2. The highest BCUT2D eigenvalue weighted by atomic mass is 35.5. The van der Waals surface area contributed by atoms with Crippen molar-refractivity contribution in [3.05, 3.63) is 74.9 Å². The number of halogens is 2. The number of hydrogen-bond acceptors (Lipinski definition) is 2. The van der Waals surface area contributed by atoms with E-state index in [2.05, 4.69) is 0 Å². The molecule has 0 bridgehead atoms. The van der Waals surface area contributed by atoms with Crippen LogP contribution in [0.15, 0.2) is 47.4 Å². The molecule has 5 heteroatoms. The highest BCUT2D eigenvalue weighted by Crippen LogP contribution is 2.28. The Hall–Kier alpha value is -2.46. The summed E-state index contributed by atoms with van der Waals surface area (Å²) >= 11 is 6.03. The lowest BCUT2D eigenvalue weighted by Gasteiger charge is -2.20. The first-order valence-electron chi connectivity index (χ1n) is 7.83. The van der Waals surface area contributed by atoms with Crippen molar-refractivity contribution in [3.8, 4) is 5.69 Å². The number of carbonyl (C=O) groups is 1. The quantitative estimate of drug-likeness (QED) is 0.612. The lowest BCUT2D eigenvalue weighted by atomic mass is 9.86. The first-order valence-corrected chi connectivity index (χ1v) is 8.21. The van der Waals surface area contributed by atoms with Gasteiger partial charge in [0.1, 0.15) is 5.82 Å². The van der Waals surface area contributed by atoms with Crippen molar-refractivity contribution in [1.82, 2.24) is 4.57 Å². The van der Waals surface area contributed by atoms with E-state index in [1.165, 1.54) is 16.8 Å². The van der Waals surface area contributed by atoms with Crippen molar-refractivity contribution in [3.63, 3.8) is 0 Å². The van der Waals surface area contributed by atoms with Gasteiger partial charge in [0.2, 0.25) is 0 Å². The van der Waals surface area contributed by atoms with Crippen molar-refractivity contribution in [1.29, 1.82) is 0 Å². The molecule has 0 aliphatic rings. The van der Waals surface area contributed by atoms with Gasteiger partial charge in [0.25, 0.3) is 5.56 Å². The fraction of sp³-hybridized carbons (Fsp3) is 0.200. The molecule has 0 amide bonds. The Morgan fingerprint density at radius 3 is 2.52 bits per heavy atom. The molecule has 1 aromatic heterocycles. The summed E-state index contributed by atoms with van der Waals surface area (Å²) in [6.45, 7) is 5.95. The predicted molar refractivity (Wildman–Crippen MR) is 98.6 cm³/mol. The third-order valence-electron chi connectivity index (χ3n) is 4.23. The topological polar surface area (TPSA) is 39.1 Å². The van der Waals surface area contributed by atoms with E-state index < -0.39 is 11.4 Å². The van der Waals surface area contributed by atoms with Gasteiger partial charge in [-0.05, 0) is 40.6 Å². The van der Waals surface area contributed by atoms with Crippen LogP contribution in [0.25, 0.3) is 16.5 Å². The number of aldehydes is 1. The van der Waals surface area contributed by atoms with Gasteiger partial charge in [-0.3, -0.25) is 14.2 Å². The van der Waals surface area contributed by atoms with Crippen LogP contribution in [0.4, 0.5) is 4.39 Å². The van der Waals surface area contributed by atoms with Crippen LogP contribution in [-0.4, -0.2) is 10.9 Å². The summed E-state index contributed by atoms with van der Waals surface area (Å²) in [6, 6.07) is 9.70. The smallest absolute Gasteiger partial charge is 0.265 e. The van der Waals surface area contributed by atoms with Crippen molar-refractivity contribution in [2.45, 2.75) is 26.2 Å². The van der Waals surface area contributed by atoms with E-state index in [0.29, 0.717) is 17.4 Å². The largest absolute Gasteiger partial charge is 0.298 e. The van der Waals surface area contributed by atoms with Gasteiger partial charge < -0.3 is 0 Å². The Bertz CT molecular complexity index is 1050. The minimum atomic E-state index is -0.573. The molecule has 0 N–H and O–H groups in total. The predicted octanol–water partition coefficient (Wildman–Crippen LogP) is 4.89. The van der Waals surface area contributed by atoms with E-state index in [-0.39, 0.29) is 21.4 Å². The van der Waals surface area contributed by atoms with Crippen molar-refractivity contribution < 1.29 is 9.18 Å². The molecule has 25 heavy (non-hydrogen) atoms. The number of carbonyl (C=O) groups excluding carboxylic acids is 1. The second kappa shape index (κ2) is 6.12. The summed E-state index contributed by atoms with van der Waals surface area (Å²) in [4.78, 5) is 24.2. The molecule has 2 aromatic carbocycles. The normalized spacial score (nSPS) is 11.7. The molecule has 0 saturated heterocycles. The summed E-state index contributed by atoms with van der Waals surface area (Å²) < 4.78 is 15.9. The summed E-state index contributed by atoms with van der Waals surface area (Å²) in [5.41, 5.74) is 0.569. The maximum atomic E-state index is 14.7. The number of benzene rings is 2. The fourth-order valence-electron chi connectivity index (χ4n) is 2.80. The summed E-state index contributed by atoms with van der Waals surface area (Å²) in [5.74, 6) is -0.573. The second-order valence-corrected chi connectivity index (χ2v) is 7.36. The number of rotatable bonds is 2. The van der Waals surface area contributed by atoms with Crippen molar-refractivity contribution in [2.24, 2.45) is 0 Å². The standard InChI is InChI=1S/C20H17ClFNO2/c1-20(2,3)13-9-12-7-8-23(19(25)18(12)16(22)10-13)17-6-4-5-15(21)14(17)11-24/h4-11H,1-3H3. The lowest BCUT2D eigenvalue weighted by molar-refractivity contribution is 0.112. The van der Waals surface area contributed by atoms with Crippen molar-refractivity contribution in [2.75, 3.05) is 0 Å². The molecule has 128 valence electrons. The molecule has 3 aromatic rings. The highest BCUT2D eigenvalue weighted by molar-refractivity contribution is 6.33. The number of nitrogens with zero attached hydrogens (tertiary/aromatic N) is 1. The van der Waals surface area contributed by atoms with E-state index in [1.807, 2.05) is 26.8 Å². The summed E-state index contributed by atoms with van der Waals surface area (Å²) in [5, 5.41) is 0.760. The van der Waals surface area contributed by atoms with Crippen LogP contribution in [0.5, 0.6) is 0 Å². The van der Waals surface area contributed by atoms with Crippen LogP contribution in [0.2, 0.25) is 5.02 Å². The van der Waals surface area contributed by atoms with E-state index >= 15 is 0 Å². The maximum Gasteiger partial charge on any atom is 0.265 e. The molecule has 0 aliphatic carbocycles. The number of fused-ring (bicyclic) bond motifs is 1. The van der Waals surface area contributed by atoms with Gasteiger partial charge in [-0.25, -0.2) is 4.39 Å². The Balaban J connectivity index is 2.33. The van der Waals surface area contributed by atoms with E-state index in [4.69, 9.17) is 11.6 Å². The van der Waals surface area contributed by atoms with Crippen molar-refractivity contribution >= 4 is 28.7 Å². The number of aromatic nitrogens is 1. The second-order valence-electron chi connectivity index (χ2n) is 6.95. The van der Waals surface area contributed by atoms with E-state index in [9.17, 15) is 14.0 Å². The van der Waals surface area contributed by atoms with E-state index in [0.717, 1.165) is 5.56 Å². The van der Waals surface area contributed by atoms with Crippen LogP contribution in [0.3, 0.4) is 0 Å². The zero-order chi connectivity index (χ0) is 18.4. The molecule has 0 aliphatic heterocycles. The van der Waals surface area contributed by atoms with Gasteiger partial charge in [-0.2, -0.15) is 0 Å². The van der Waals surface area contributed by atoms with Crippen LogP contribution in [-0.2, 0) is 5.41 Å². The number of pyridine rings is 1. The lowest BCUT2D eigenvalue weighted by Crippen LogP contribution is -2.21. The molecule has 0 fully saturated rings. The van der Waals surface area contributed by atoms with Gasteiger partial charge in [0.15, 0.2) is 6.29 Å². The highest BCUT2D eigenvalue weighted by Gasteiger charge is 2.19. The molecule has 0 radical (unpaired) electrons. The average Bonchev–Trinajstić information content (AvgIpc) is 2.53. The van der Waals surface area contributed by atoms with Crippen LogP contribution in [0.1, 0.15) is 36.7 Å². The first-order chi connectivity index (χ1) is 11.7. The molecule has 1 heterocycles. The number of hydrogen-bond donors (Lipinski definition) is 0. The van der Waals surface area contributed by atoms with Gasteiger partial charge in [-0.15, -0.1) is 0 Å². The van der Waals surface area contributed by atoms with Crippen LogP contribution in [0, 0.1) is 5.82 Å². The Kier molecular flexibility index (Phi) is 4.25.